The molecule has 2 rings (SSSR count). The zero-order chi connectivity index (χ0) is 13.8. The van der Waals surface area contributed by atoms with Crippen LogP contribution in [0.15, 0.2) is 24.3 Å². The van der Waals surface area contributed by atoms with Crippen molar-refractivity contribution in [1.29, 1.82) is 0 Å². The zero-order valence-corrected chi connectivity index (χ0v) is 10.3. The second-order valence-corrected chi connectivity index (χ2v) is 4.43. The van der Waals surface area contributed by atoms with Crippen LogP contribution < -0.4 is 10.2 Å². The van der Waals surface area contributed by atoms with E-state index >= 15 is 0 Å². The van der Waals surface area contributed by atoms with Gasteiger partial charge in [-0.1, -0.05) is 6.07 Å². The first kappa shape index (κ1) is 13.5. The van der Waals surface area contributed by atoms with Gasteiger partial charge in [0.15, 0.2) is 0 Å². The van der Waals surface area contributed by atoms with Crippen LogP contribution in [-0.4, -0.2) is 36.1 Å². The maximum absolute atomic E-state index is 13.2. The van der Waals surface area contributed by atoms with Gasteiger partial charge < -0.3 is 15.3 Å². The number of carboxylic acid groups (broad SMARTS) is 1. The summed E-state index contributed by atoms with van der Waals surface area (Å²) in [6.07, 6.45) is 0.420. The Labute approximate surface area is 110 Å². The highest BCUT2D eigenvalue weighted by molar-refractivity contribution is 5.99. The lowest BCUT2D eigenvalue weighted by Gasteiger charge is -2.23. The van der Waals surface area contributed by atoms with E-state index in [1.54, 1.807) is 6.07 Å². The maximum atomic E-state index is 13.2. The van der Waals surface area contributed by atoms with Gasteiger partial charge in [0.1, 0.15) is 5.82 Å². The fraction of sp³-hybridized carbons (Fsp3) is 0.385. The third-order valence-corrected chi connectivity index (χ3v) is 3.01. The Balaban J connectivity index is 2.23. The normalized spacial score (nSPS) is 20.2. The van der Waals surface area contributed by atoms with Crippen molar-refractivity contribution in [2.24, 2.45) is 0 Å². The number of nitrogens with zero attached hydrogens (tertiary/aromatic N) is 1. The van der Waals surface area contributed by atoms with Crippen LogP contribution in [0.3, 0.4) is 0 Å². The molecule has 0 aromatic heterocycles. The summed E-state index contributed by atoms with van der Waals surface area (Å²) >= 11 is 0. The molecule has 1 saturated heterocycles. The van der Waals surface area contributed by atoms with E-state index in [0.717, 1.165) is 0 Å². The summed E-state index contributed by atoms with van der Waals surface area (Å²) < 4.78 is 13.2. The van der Waals surface area contributed by atoms with Gasteiger partial charge >= 0.3 is 5.97 Å². The van der Waals surface area contributed by atoms with Crippen molar-refractivity contribution in [2.45, 2.75) is 18.9 Å². The molecule has 0 aliphatic carbocycles. The number of amides is 1. The smallest absolute Gasteiger partial charge is 0.305 e. The van der Waals surface area contributed by atoms with Gasteiger partial charge in [-0.25, -0.2) is 4.39 Å². The lowest BCUT2D eigenvalue weighted by Crippen LogP contribution is -2.45. The molecule has 0 radical (unpaired) electrons. The number of anilines is 1. The van der Waals surface area contributed by atoms with Gasteiger partial charge in [0.05, 0.1) is 12.5 Å². The van der Waals surface area contributed by atoms with Gasteiger partial charge in [0.2, 0.25) is 5.91 Å². The quantitative estimate of drug-likeness (QED) is 0.856. The largest absolute Gasteiger partial charge is 0.481 e. The van der Waals surface area contributed by atoms with Crippen molar-refractivity contribution in [3.8, 4) is 0 Å². The molecule has 1 heterocycles. The van der Waals surface area contributed by atoms with E-state index in [1.807, 2.05) is 0 Å². The average molecular weight is 266 g/mol. The first-order chi connectivity index (χ1) is 9.08. The molecule has 0 spiro atoms. The molecule has 2 N–H and O–H groups in total. The molecule has 5 nitrogen and oxygen atoms in total. The molecule has 1 amide bonds. The minimum atomic E-state index is -1.04. The third kappa shape index (κ3) is 3.29. The Kier molecular flexibility index (Phi) is 4.11. The van der Waals surface area contributed by atoms with Crippen LogP contribution in [0.25, 0.3) is 0 Å². The average Bonchev–Trinajstić information content (AvgIpc) is 2.52. The summed E-state index contributed by atoms with van der Waals surface area (Å²) in [6, 6.07) is 5.00. The van der Waals surface area contributed by atoms with Gasteiger partial charge in [-0.3, -0.25) is 9.59 Å². The van der Waals surface area contributed by atoms with E-state index in [-0.39, 0.29) is 12.3 Å². The standard InChI is InChI=1S/C13H15FN2O3/c14-9-3-1-4-10(7-9)16-6-2-5-15-11(13(16)19)8-12(17)18/h1,3-4,7,11,15H,2,5-6,8H2,(H,17,18). The molecule has 1 aromatic carbocycles. The lowest BCUT2D eigenvalue weighted by molar-refractivity contribution is -0.139. The third-order valence-electron chi connectivity index (χ3n) is 3.01. The summed E-state index contributed by atoms with van der Waals surface area (Å²) in [5.41, 5.74) is 0.462. The van der Waals surface area contributed by atoms with E-state index in [2.05, 4.69) is 5.32 Å². The number of nitrogens with one attached hydrogen (secondary N) is 1. The topological polar surface area (TPSA) is 69.6 Å². The molecule has 102 valence electrons. The molecule has 1 aliphatic heterocycles. The van der Waals surface area contributed by atoms with Crippen LogP contribution in [-0.2, 0) is 9.59 Å². The van der Waals surface area contributed by atoms with Crippen LogP contribution in [0.4, 0.5) is 10.1 Å². The van der Waals surface area contributed by atoms with Gasteiger partial charge in [0, 0.05) is 12.2 Å². The number of halogens is 1. The van der Waals surface area contributed by atoms with E-state index in [0.29, 0.717) is 25.2 Å². The van der Waals surface area contributed by atoms with Gasteiger partial charge in [-0.15, -0.1) is 0 Å². The Hall–Kier alpha value is -1.95. The molecule has 1 unspecified atom stereocenters. The molecule has 19 heavy (non-hydrogen) atoms. The first-order valence-electron chi connectivity index (χ1n) is 6.10. The molecule has 1 aliphatic rings. The minimum absolute atomic E-state index is 0.273. The molecule has 6 heteroatoms. The number of aliphatic carboxylic acids is 1. The van der Waals surface area contributed by atoms with E-state index in [1.165, 1.54) is 23.1 Å². The van der Waals surface area contributed by atoms with E-state index in [9.17, 15) is 14.0 Å². The highest BCUT2D eigenvalue weighted by Gasteiger charge is 2.29. The monoisotopic (exact) mass is 266 g/mol. The van der Waals surface area contributed by atoms with Crippen molar-refractivity contribution in [1.82, 2.24) is 5.32 Å². The number of hydrogen-bond acceptors (Lipinski definition) is 3. The number of carbonyl (C=O) groups excluding carboxylic acids is 1. The predicted octanol–water partition coefficient (Wildman–Crippen LogP) is 0.995. The van der Waals surface area contributed by atoms with E-state index in [4.69, 9.17) is 5.11 Å². The Morgan fingerprint density at radius 2 is 2.32 bits per heavy atom. The molecule has 0 saturated carbocycles. The summed E-state index contributed by atoms with van der Waals surface area (Å²) in [6.45, 7) is 1.01. The van der Waals surface area contributed by atoms with Gasteiger partial charge in [-0.2, -0.15) is 0 Å². The number of carboxylic acids is 1. The number of hydrogen-bond donors (Lipinski definition) is 2. The maximum Gasteiger partial charge on any atom is 0.305 e. The number of carbonyl (C=O) groups is 2. The van der Waals surface area contributed by atoms with E-state index < -0.39 is 17.8 Å². The van der Waals surface area contributed by atoms with Gasteiger partial charge in [0.25, 0.3) is 0 Å². The Morgan fingerprint density at radius 1 is 1.53 bits per heavy atom. The molecular formula is C13H15FN2O3. The van der Waals surface area contributed by atoms with Crippen molar-refractivity contribution in [3.63, 3.8) is 0 Å². The second kappa shape index (κ2) is 5.79. The first-order valence-corrected chi connectivity index (χ1v) is 6.10. The molecule has 0 bridgehead atoms. The SMILES string of the molecule is O=C(O)CC1NCCCN(c2cccc(F)c2)C1=O. The summed E-state index contributed by atoms with van der Waals surface area (Å²) in [4.78, 5) is 24.5. The predicted molar refractivity (Wildman–Crippen MR) is 67.4 cm³/mol. The Bertz CT molecular complexity index is 493. The fourth-order valence-corrected chi connectivity index (χ4v) is 2.13. The minimum Gasteiger partial charge on any atom is -0.481 e. The van der Waals surface area contributed by atoms with Crippen LogP contribution >= 0.6 is 0 Å². The van der Waals surface area contributed by atoms with Crippen LogP contribution in [0, 0.1) is 5.82 Å². The van der Waals surface area contributed by atoms with Crippen molar-refractivity contribution in [2.75, 3.05) is 18.0 Å². The van der Waals surface area contributed by atoms with Crippen LogP contribution in [0.5, 0.6) is 0 Å². The number of benzene rings is 1. The summed E-state index contributed by atoms with van der Waals surface area (Å²) in [5, 5.41) is 11.7. The molecule has 1 aromatic rings. The lowest BCUT2D eigenvalue weighted by atomic mass is 10.1. The van der Waals surface area contributed by atoms with Crippen LogP contribution in [0.1, 0.15) is 12.8 Å². The highest BCUT2D eigenvalue weighted by Crippen LogP contribution is 2.19. The number of rotatable bonds is 3. The summed E-state index contributed by atoms with van der Waals surface area (Å²) in [7, 11) is 0. The second-order valence-electron chi connectivity index (χ2n) is 4.43. The van der Waals surface area contributed by atoms with Crippen molar-refractivity contribution >= 4 is 17.6 Å². The molecule has 1 atom stereocenters. The van der Waals surface area contributed by atoms with Crippen molar-refractivity contribution < 1.29 is 19.1 Å². The highest BCUT2D eigenvalue weighted by atomic mass is 19.1. The van der Waals surface area contributed by atoms with Crippen molar-refractivity contribution in [3.05, 3.63) is 30.1 Å². The summed E-state index contributed by atoms with van der Waals surface area (Å²) in [5.74, 6) is -1.78. The van der Waals surface area contributed by atoms with Crippen LogP contribution in [0.2, 0.25) is 0 Å². The molecule has 1 fully saturated rings. The molecular weight excluding hydrogens is 251 g/mol. The fourth-order valence-electron chi connectivity index (χ4n) is 2.13. The van der Waals surface area contributed by atoms with Gasteiger partial charge in [-0.05, 0) is 31.2 Å². The Morgan fingerprint density at radius 3 is 3.00 bits per heavy atom. The zero-order valence-electron chi connectivity index (χ0n) is 10.3.